The number of ether oxygens (including phenoxy) is 2. The number of H-pyrrole nitrogens is 1. The maximum atomic E-state index is 11.2. The van der Waals surface area contributed by atoms with Crippen LogP contribution in [0.4, 0.5) is 0 Å². The zero-order valence-electron chi connectivity index (χ0n) is 15.8. The van der Waals surface area contributed by atoms with Crippen molar-refractivity contribution in [1.82, 2.24) is 4.98 Å². The van der Waals surface area contributed by atoms with Crippen LogP contribution in [0.1, 0.15) is 32.8 Å². The molecule has 26 heavy (non-hydrogen) atoms. The summed E-state index contributed by atoms with van der Waals surface area (Å²) in [6.45, 7) is 5.35. The first-order chi connectivity index (χ1) is 12.5. The lowest BCUT2D eigenvalue weighted by molar-refractivity contribution is -0.145. The van der Waals surface area contributed by atoms with Gasteiger partial charge in [0, 0.05) is 29.1 Å². The summed E-state index contributed by atoms with van der Waals surface area (Å²) in [5, 5.41) is 2.16. The van der Waals surface area contributed by atoms with Crippen LogP contribution in [0.3, 0.4) is 0 Å². The zero-order chi connectivity index (χ0) is 19.1. The number of hydrogen-bond acceptors (Lipinski definition) is 3. The summed E-state index contributed by atoms with van der Waals surface area (Å²) in [6.07, 6.45) is 5.45. The van der Waals surface area contributed by atoms with E-state index in [4.69, 9.17) is 21.1 Å². The van der Waals surface area contributed by atoms with Gasteiger partial charge in [0.1, 0.15) is 5.75 Å². The van der Waals surface area contributed by atoms with Crippen LogP contribution in [0.15, 0.2) is 24.3 Å². The first-order valence-electron chi connectivity index (χ1n) is 8.75. The minimum atomic E-state index is -0.253. The van der Waals surface area contributed by atoms with Gasteiger partial charge in [-0.2, -0.15) is 0 Å². The Kier molecular flexibility index (Phi) is 7.34. The quantitative estimate of drug-likeness (QED) is 0.596. The van der Waals surface area contributed by atoms with E-state index in [-0.39, 0.29) is 12.1 Å². The third-order valence-corrected chi connectivity index (χ3v) is 4.45. The third kappa shape index (κ3) is 4.92. The summed E-state index contributed by atoms with van der Waals surface area (Å²) in [7, 11) is 1.66. The topological polar surface area (TPSA) is 51.3 Å². The molecule has 1 aromatic carbocycles. The van der Waals surface area contributed by atoms with Crippen molar-refractivity contribution in [2.75, 3.05) is 13.0 Å². The number of halogens is 1. The van der Waals surface area contributed by atoms with E-state index in [1.807, 2.05) is 50.3 Å². The Morgan fingerprint density at radius 1 is 1.31 bits per heavy atom. The standard InChI is InChI=1S/C21H26ClNO3/c1-5-20-18(12-13-22)19(11-6-14(2)26-15(3)24)21(23-20)16-7-9-17(25-4)10-8-16/h5,7-10,12,14,23H,6,11,13H2,1-4H3/b18-12-,20-5+. The normalized spacial score (nSPS) is 13.7. The molecule has 4 nitrogen and oxygen atoms in total. The molecular weight excluding hydrogens is 350 g/mol. The predicted octanol–water partition coefficient (Wildman–Crippen LogP) is 3.39. The van der Waals surface area contributed by atoms with Crippen molar-refractivity contribution in [3.63, 3.8) is 0 Å². The first-order valence-corrected chi connectivity index (χ1v) is 9.28. The molecule has 0 saturated carbocycles. The molecule has 1 N–H and O–H groups in total. The van der Waals surface area contributed by atoms with Crippen molar-refractivity contribution in [2.45, 2.75) is 39.7 Å². The molecule has 1 atom stereocenters. The smallest absolute Gasteiger partial charge is 0.302 e. The largest absolute Gasteiger partial charge is 0.497 e. The van der Waals surface area contributed by atoms with Crippen LogP contribution in [0.2, 0.25) is 0 Å². The van der Waals surface area contributed by atoms with Crippen LogP contribution in [0.5, 0.6) is 5.75 Å². The van der Waals surface area contributed by atoms with Gasteiger partial charge in [0.05, 0.1) is 13.2 Å². The molecule has 0 aliphatic heterocycles. The number of aromatic nitrogens is 1. The Hall–Kier alpha value is -2.20. The minimum absolute atomic E-state index is 0.135. The summed E-state index contributed by atoms with van der Waals surface area (Å²) >= 11 is 5.99. The molecule has 2 rings (SSSR count). The van der Waals surface area contributed by atoms with Gasteiger partial charge in [-0.25, -0.2) is 0 Å². The van der Waals surface area contributed by atoms with Gasteiger partial charge in [-0.1, -0.05) is 12.2 Å². The number of esters is 1. The highest BCUT2D eigenvalue weighted by Gasteiger charge is 2.14. The molecule has 0 fully saturated rings. The van der Waals surface area contributed by atoms with Gasteiger partial charge in [-0.3, -0.25) is 4.79 Å². The molecule has 140 valence electrons. The van der Waals surface area contributed by atoms with E-state index in [9.17, 15) is 4.79 Å². The van der Waals surface area contributed by atoms with E-state index in [1.54, 1.807) is 7.11 Å². The van der Waals surface area contributed by atoms with Gasteiger partial charge in [0.15, 0.2) is 0 Å². The fraction of sp³-hybridized carbons (Fsp3) is 0.381. The molecule has 2 aromatic rings. The lowest BCUT2D eigenvalue weighted by Gasteiger charge is -2.12. The average Bonchev–Trinajstić information content (AvgIpc) is 2.97. The molecule has 0 aliphatic rings. The first kappa shape index (κ1) is 20.1. The number of hydrogen-bond donors (Lipinski definition) is 1. The van der Waals surface area contributed by atoms with Crippen molar-refractivity contribution in [3.05, 3.63) is 40.4 Å². The highest BCUT2D eigenvalue weighted by atomic mass is 35.5. The second-order valence-electron chi connectivity index (χ2n) is 6.14. The van der Waals surface area contributed by atoms with Gasteiger partial charge in [-0.05, 0) is 62.1 Å². The fourth-order valence-corrected chi connectivity index (χ4v) is 3.22. The van der Waals surface area contributed by atoms with Crippen LogP contribution >= 0.6 is 11.6 Å². The Labute approximate surface area is 159 Å². The third-order valence-electron chi connectivity index (χ3n) is 4.29. The van der Waals surface area contributed by atoms with Crippen LogP contribution in [0.25, 0.3) is 23.4 Å². The summed E-state index contributed by atoms with van der Waals surface area (Å²) < 4.78 is 10.5. The molecule has 0 radical (unpaired) electrons. The van der Waals surface area contributed by atoms with E-state index in [2.05, 4.69) is 4.98 Å². The van der Waals surface area contributed by atoms with Gasteiger partial charge < -0.3 is 14.5 Å². The van der Waals surface area contributed by atoms with E-state index in [1.165, 1.54) is 12.5 Å². The molecule has 1 aromatic heterocycles. The number of nitrogens with one attached hydrogen (secondary N) is 1. The van der Waals surface area contributed by atoms with Crippen LogP contribution in [-0.2, 0) is 16.0 Å². The summed E-state index contributed by atoms with van der Waals surface area (Å²) in [5.74, 6) is 1.00. The van der Waals surface area contributed by atoms with Gasteiger partial charge in [0.25, 0.3) is 0 Å². The Bertz CT molecular complexity index is 853. The maximum Gasteiger partial charge on any atom is 0.302 e. The summed E-state index contributed by atoms with van der Waals surface area (Å²) in [4.78, 5) is 14.7. The lowest BCUT2D eigenvalue weighted by Crippen LogP contribution is -2.25. The van der Waals surface area contributed by atoms with Gasteiger partial charge >= 0.3 is 5.97 Å². The van der Waals surface area contributed by atoms with Crippen molar-refractivity contribution in [3.8, 4) is 17.0 Å². The number of carbonyl (C=O) groups excluding carboxylic acids is 1. The van der Waals surface area contributed by atoms with Crippen LogP contribution in [0, 0.1) is 0 Å². The second kappa shape index (κ2) is 9.48. The Morgan fingerprint density at radius 3 is 2.54 bits per heavy atom. The molecule has 0 bridgehead atoms. The van der Waals surface area contributed by atoms with E-state index >= 15 is 0 Å². The van der Waals surface area contributed by atoms with Crippen molar-refractivity contribution >= 4 is 29.7 Å². The Balaban J connectivity index is 2.46. The molecule has 5 heteroatoms. The average molecular weight is 376 g/mol. The Morgan fingerprint density at radius 2 is 2.00 bits per heavy atom. The monoisotopic (exact) mass is 375 g/mol. The van der Waals surface area contributed by atoms with Crippen LogP contribution < -0.4 is 15.3 Å². The predicted molar refractivity (Wildman–Crippen MR) is 107 cm³/mol. The molecule has 0 amide bonds. The van der Waals surface area contributed by atoms with E-state index in [0.717, 1.165) is 40.4 Å². The molecule has 0 aliphatic carbocycles. The molecule has 1 heterocycles. The van der Waals surface area contributed by atoms with Crippen molar-refractivity contribution in [1.29, 1.82) is 0 Å². The van der Waals surface area contributed by atoms with Gasteiger partial charge in [-0.15, -0.1) is 11.6 Å². The van der Waals surface area contributed by atoms with Gasteiger partial charge in [0.2, 0.25) is 0 Å². The number of aromatic amines is 1. The maximum absolute atomic E-state index is 11.2. The zero-order valence-corrected chi connectivity index (χ0v) is 16.5. The number of carbonyl (C=O) groups is 1. The lowest BCUT2D eigenvalue weighted by atomic mass is 10.0. The summed E-state index contributed by atoms with van der Waals surface area (Å²) in [5.41, 5.74) is 3.33. The SMILES string of the molecule is C/C=c1/[nH]c(-c2ccc(OC)cc2)c(CCC(C)OC(C)=O)/c1=C/CCl. The number of methoxy groups -OCH3 is 1. The second-order valence-corrected chi connectivity index (χ2v) is 6.45. The molecule has 0 spiro atoms. The highest BCUT2D eigenvalue weighted by Crippen LogP contribution is 2.23. The van der Waals surface area contributed by atoms with Crippen LogP contribution in [-0.4, -0.2) is 30.0 Å². The number of alkyl halides is 1. The van der Waals surface area contributed by atoms with E-state index < -0.39 is 0 Å². The highest BCUT2D eigenvalue weighted by molar-refractivity contribution is 6.20. The molecule has 1 unspecified atom stereocenters. The number of rotatable bonds is 7. The molecular formula is C21H26ClNO3. The summed E-state index contributed by atoms with van der Waals surface area (Å²) in [6, 6.07) is 7.96. The molecule has 0 saturated heterocycles. The fourth-order valence-electron chi connectivity index (χ4n) is 3.07. The minimum Gasteiger partial charge on any atom is -0.497 e. The van der Waals surface area contributed by atoms with Crippen molar-refractivity contribution in [2.24, 2.45) is 0 Å². The number of benzene rings is 1. The van der Waals surface area contributed by atoms with E-state index in [0.29, 0.717) is 5.88 Å². The van der Waals surface area contributed by atoms with Crippen molar-refractivity contribution < 1.29 is 14.3 Å².